The van der Waals surface area contributed by atoms with Gasteiger partial charge in [0.05, 0.1) is 16.1 Å². The molecule has 2 fully saturated rings. The van der Waals surface area contributed by atoms with Crippen molar-refractivity contribution in [1.29, 1.82) is 0 Å². The van der Waals surface area contributed by atoms with E-state index in [9.17, 15) is 27.6 Å². The van der Waals surface area contributed by atoms with Crippen molar-refractivity contribution in [3.63, 3.8) is 0 Å². The smallest absolute Gasteiger partial charge is 0.352 e. The van der Waals surface area contributed by atoms with Gasteiger partial charge in [-0.15, -0.1) is 0 Å². The monoisotopic (exact) mass is 538 g/mol. The topological polar surface area (TPSA) is 66.9 Å². The van der Waals surface area contributed by atoms with Gasteiger partial charge in [0.2, 0.25) is 11.8 Å². The van der Waals surface area contributed by atoms with Gasteiger partial charge >= 0.3 is 12.1 Å². The molecule has 2 aliphatic heterocycles. The van der Waals surface area contributed by atoms with Crippen molar-refractivity contribution >= 4 is 40.3 Å². The van der Waals surface area contributed by atoms with Crippen LogP contribution in [-0.4, -0.2) is 56.5 Å². The Kier molecular flexibility index (Phi) is 7.05. The number of imide groups is 1. The molecule has 2 heterocycles. The van der Waals surface area contributed by atoms with Crippen molar-refractivity contribution in [2.75, 3.05) is 6.54 Å². The van der Waals surface area contributed by atoms with Gasteiger partial charge in [0.25, 0.3) is 0 Å². The zero-order valence-corrected chi connectivity index (χ0v) is 18.4. The van der Waals surface area contributed by atoms with E-state index in [2.05, 4.69) is 22.6 Å². The molecular formula is C20H22F3IN2O4. The van der Waals surface area contributed by atoms with E-state index in [1.165, 1.54) is 6.92 Å². The highest BCUT2D eigenvalue weighted by Gasteiger charge is 2.47. The first-order valence-corrected chi connectivity index (χ1v) is 10.9. The summed E-state index contributed by atoms with van der Waals surface area (Å²) in [6.07, 6.45) is -5.39. The number of ether oxygens (including phenoxy) is 1. The Hall–Kier alpha value is -1.69. The van der Waals surface area contributed by atoms with Crippen LogP contribution in [0, 0.1) is 0 Å². The minimum absolute atomic E-state index is 0.108. The molecule has 0 radical (unpaired) electrons. The van der Waals surface area contributed by atoms with Crippen LogP contribution in [0.3, 0.4) is 0 Å². The average molecular weight is 538 g/mol. The molecule has 164 valence electrons. The molecule has 1 aromatic rings. The molecule has 10 heteroatoms. The summed E-state index contributed by atoms with van der Waals surface area (Å²) in [6, 6.07) is 7.63. The Morgan fingerprint density at radius 2 is 1.80 bits per heavy atom. The average Bonchev–Trinajstić information content (AvgIpc) is 3.04. The highest BCUT2D eigenvalue weighted by Crippen LogP contribution is 2.34. The van der Waals surface area contributed by atoms with Crippen LogP contribution in [0.1, 0.15) is 44.2 Å². The molecular weight excluding hydrogens is 516 g/mol. The maximum atomic E-state index is 13.3. The van der Waals surface area contributed by atoms with Crippen LogP contribution in [0.15, 0.2) is 30.3 Å². The van der Waals surface area contributed by atoms with Crippen molar-refractivity contribution in [1.82, 2.24) is 9.80 Å². The van der Waals surface area contributed by atoms with Crippen LogP contribution < -0.4 is 0 Å². The van der Waals surface area contributed by atoms with E-state index in [1.54, 1.807) is 30.3 Å². The van der Waals surface area contributed by atoms with Gasteiger partial charge in [-0.25, -0.2) is 0 Å². The lowest BCUT2D eigenvalue weighted by molar-refractivity contribution is -0.193. The van der Waals surface area contributed by atoms with Crippen LogP contribution in [0.25, 0.3) is 0 Å². The van der Waals surface area contributed by atoms with E-state index in [1.807, 2.05) is 0 Å². The molecule has 2 aliphatic rings. The lowest BCUT2D eigenvalue weighted by atomic mass is 10.0. The quantitative estimate of drug-likeness (QED) is 0.327. The van der Waals surface area contributed by atoms with E-state index in [4.69, 9.17) is 4.74 Å². The number of nitrogens with zero attached hydrogens (tertiary/aromatic N) is 2. The minimum atomic E-state index is -5.02. The van der Waals surface area contributed by atoms with Crippen molar-refractivity contribution in [2.24, 2.45) is 0 Å². The second-order valence-corrected chi connectivity index (χ2v) is 9.04. The summed E-state index contributed by atoms with van der Waals surface area (Å²) >= 11 is 2.09. The van der Waals surface area contributed by atoms with Crippen LogP contribution in [-0.2, 0) is 19.1 Å². The molecule has 2 saturated heterocycles. The van der Waals surface area contributed by atoms with Gasteiger partial charge in [-0.2, -0.15) is 13.2 Å². The van der Waals surface area contributed by atoms with Crippen LogP contribution >= 0.6 is 22.6 Å². The maximum absolute atomic E-state index is 13.3. The number of amides is 3. The fourth-order valence-corrected chi connectivity index (χ4v) is 4.63. The zero-order valence-electron chi connectivity index (χ0n) is 16.3. The molecule has 0 saturated carbocycles. The number of rotatable bonds is 5. The van der Waals surface area contributed by atoms with E-state index in [0.29, 0.717) is 18.4 Å². The van der Waals surface area contributed by atoms with Crippen LogP contribution in [0.2, 0.25) is 0 Å². The zero-order chi connectivity index (χ0) is 22.1. The third-order valence-corrected chi connectivity index (χ3v) is 6.64. The number of hydrogen-bond acceptors (Lipinski definition) is 4. The third-order valence-electron chi connectivity index (χ3n) is 5.40. The second-order valence-electron chi connectivity index (χ2n) is 7.44. The molecule has 3 amide bonds. The van der Waals surface area contributed by atoms with Crippen molar-refractivity contribution < 1.29 is 32.3 Å². The first kappa shape index (κ1) is 23.0. The number of hydrogen-bond donors (Lipinski definition) is 0. The summed E-state index contributed by atoms with van der Waals surface area (Å²) in [4.78, 5) is 38.2. The predicted molar refractivity (Wildman–Crippen MR) is 109 cm³/mol. The summed E-state index contributed by atoms with van der Waals surface area (Å²) in [5.74, 6) is -2.62. The first-order chi connectivity index (χ1) is 14.1. The normalized spacial score (nSPS) is 26.0. The molecule has 0 spiro atoms. The van der Waals surface area contributed by atoms with Crippen LogP contribution in [0.4, 0.5) is 13.2 Å². The molecule has 0 unspecified atom stereocenters. The Bertz CT molecular complexity index is 789. The Morgan fingerprint density at radius 3 is 2.37 bits per heavy atom. The molecule has 3 rings (SSSR count). The summed E-state index contributed by atoms with van der Waals surface area (Å²) in [5.41, 5.74) is 0.569. The molecule has 6 nitrogen and oxygen atoms in total. The number of halogens is 4. The second kappa shape index (κ2) is 9.21. The third kappa shape index (κ3) is 4.96. The van der Waals surface area contributed by atoms with Gasteiger partial charge in [0.15, 0.2) is 6.23 Å². The maximum Gasteiger partial charge on any atom is 0.471 e. The Morgan fingerprint density at radius 1 is 1.20 bits per heavy atom. The summed E-state index contributed by atoms with van der Waals surface area (Å²) in [5, 5.41) is 0. The van der Waals surface area contributed by atoms with Crippen molar-refractivity contribution in [3.05, 3.63) is 35.9 Å². The highest BCUT2D eigenvalue weighted by molar-refractivity contribution is 14.1. The van der Waals surface area contributed by atoms with E-state index in [-0.39, 0.29) is 35.1 Å². The lowest BCUT2D eigenvalue weighted by Crippen LogP contribution is -2.54. The summed E-state index contributed by atoms with van der Waals surface area (Å²) in [7, 11) is 0. The van der Waals surface area contributed by atoms with Crippen LogP contribution in [0.5, 0.6) is 0 Å². The van der Waals surface area contributed by atoms with Gasteiger partial charge in [-0.3, -0.25) is 19.3 Å². The Balaban J connectivity index is 1.80. The molecule has 4 atom stereocenters. The number of likely N-dealkylation sites (tertiary alicyclic amines) is 1. The molecule has 0 aliphatic carbocycles. The largest absolute Gasteiger partial charge is 0.471 e. The number of carbonyl (C=O) groups excluding carboxylic acids is 3. The highest BCUT2D eigenvalue weighted by atomic mass is 127. The van der Waals surface area contributed by atoms with E-state index in [0.717, 1.165) is 9.80 Å². The van der Waals surface area contributed by atoms with Gasteiger partial charge in [0, 0.05) is 19.4 Å². The van der Waals surface area contributed by atoms with Crippen molar-refractivity contribution in [3.8, 4) is 0 Å². The molecule has 0 aromatic heterocycles. The minimum Gasteiger partial charge on any atom is -0.352 e. The summed E-state index contributed by atoms with van der Waals surface area (Å²) in [6.45, 7) is 1.25. The number of alkyl halides is 4. The van der Waals surface area contributed by atoms with Gasteiger partial charge < -0.3 is 9.64 Å². The van der Waals surface area contributed by atoms with E-state index < -0.39 is 30.5 Å². The van der Waals surface area contributed by atoms with Crippen molar-refractivity contribution in [2.45, 2.75) is 61.1 Å². The SMILES string of the molecule is C[C@@H](c1ccccc1)N(C[C@H]1CC[C@@H](I)[C@H](N2C(=O)CCC2=O)O1)C(=O)C(F)(F)F. The van der Waals surface area contributed by atoms with Gasteiger partial charge in [0.1, 0.15) is 0 Å². The predicted octanol–water partition coefficient (Wildman–Crippen LogP) is 3.60. The number of carbonyl (C=O) groups is 3. The first-order valence-electron chi connectivity index (χ1n) is 9.66. The molecule has 30 heavy (non-hydrogen) atoms. The standard InChI is InChI=1S/C20H22F3IN2O4/c1-12(13-5-3-2-4-6-13)25(19(29)20(21,22)23)11-14-7-8-15(24)18(30-14)26-16(27)9-10-17(26)28/h2-6,12,14-15,18H,7-11H2,1H3/t12-,14+,15+,18+/m0/s1. The van der Waals surface area contributed by atoms with E-state index >= 15 is 0 Å². The fraction of sp³-hybridized carbons (Fsp3) is 0.550. The van der Waals surface area contributed by atoms with Gasteiger partial charge in [-0.1, -0.05) is 52.9 Å². The lowest BCUT2D eigenvalue weighted by Gasteiger charge is -2.40. The molecule has 0 N–H and O–H groups in total. The van der Waals surface area contributed by atoms with Gasteiger partial charge in [-0.05, 0) is 25.3 Å². The molecule has 0 bridgehead atoms. The molecule has 1 aromatic carbocycles. The summed E-state index contributed by atoms with van der Waals surface area (Å²) < 4.78 is 45.6. The Labute approximate surface area is 185 Å². The fourth-order valence-electron chi connectivity index (χ4n) is 3.78. The number of benzene rings is 1.